The minimum absolute atomic E-state index is 0.244. The largest absolute Gasteiger partial charge is 0.325 e. The molecule has 2 aromatic heterocycles. The number of thioether (sulfide) groups is 1. The van der Waals surface area contributed by atoms with E-state index in [0.717, 1.165) is 11.3 Å². The second-order valence-corrected chi connectivity index (χ2v) is 8.15. The first-order chi connectivity index (χ1) is 14.5. The number of hydrogen-bond donors (Lipinski definition) is 2. The first kappa shape index (κ1) is 20.5. The fourth-order valence-electron chi connectivity index (χ4n) is 2.91. The van der Waals surface area contributed by atoms with Crippen molar-refractivity contribution in [1.82, 2.24) is 24.7 Å². The Labute approximate surface area is 185 Å². The number of nitrogens with zero attached hydrogens (tertiary/aromatic N) is 3. The van der Waals surface area contributed by atoms with E-state index in [-0.39, 0.29) is 6.42 Å². The Morgan fingerprint density at radius 2 is 1.73 bits per heavy atom. The average Bonchev–Trinajstić information content (AvgIpc) is 3.11. The maximum absolute atomic E-state index is 11.6. The first-order valence-electron chi connectivity index (χ1n) is 8.88. The molecule has 0 atom stereocenters. The van der Waals surface area contributed by atoms with Gasteiger partial charge in [-0.25, -0.2) is 4.79 Å². The Morgan fingerprint density at radius 1 is 0.933 bits per heavy atom. The molecule has 10 heteroatoms. The van der Waals surface area contributed by atoms with E-state index in [0.29, 0.717) is 32.5 Å². The quantitative estimate of drug-likeness (QED) is 0.427. The van der Waals surface area contributed by atoms with Crippen LogP contribution in [0.25, 0.3) is 5.69 Å². The third kappa shape index (κ3) is 4.67. The van der Waals surface area contributed by atoms with Crippen LogP contribution in [0.15, 0.2) is 69.3 Å². The Morgan fingerprint density at radius 3 is 2.47 bits per heavy atom. The van der Waals surface area contributed by atoms with E-state index in [9.17, 15) is 9.59 Å². The molecule has 2 aromatic carbocycles. The van der Waals surface area contributed by atoms with Crippen LogP contribution in [0.4, 0.5) is 0 Å². The van der Waals surface area contributed by atoms with Crippen LogP contribution in [0.1, 0.15) is 17.1 Å². The number of para-hydroxylation sites is 1. The maximum atomic E-state index is 11.6. The number of H-pyrrole nitrogens is 2. The zero-order valence-electron chi connectivity index (χ0n) is 15.4. The van der Waals surface area contributed by atoms with E-state index in [4.69, 9.17) is 23.2 Å². The molecule has 0 fully saturated rings. The van der Waals surface area contributed by atoms with Gasteiger partial charge in [0.05, 0.1) is 10.0 Å². The van der Waals surface area contributed by atoms with E-state index in [2.05, 4.69) is 20.2 Å². The summed E-state index contributed by atoms with van der Waals surface area (Å²) in [6.07, 6.45) is 0.244. The van der Waals surface area contributed by atoms with Gasteiger partial charge >= 0.3 is 5.69 Å². The Balaban J connectivity index is 1.67. The molecule has 0 aliphatic heterocycles. The van der Waals surface area contributed by atoms with E-state index < -0.39 is 11.2 Å². The van der Waals surface area contributed by atoms with Crippen LogP contribution in [-0.2, 0) is 12.2 Å². The maximum Gasteiger partial charge on any atom is 0.325 e. The molecule has 7 nitrogen and oxygen atoms in total. The van der Waals surface area contributed by atoms with E-state index in [1.165, 1.54) is 17.8 Å². The van der Waals surface area contributed by atoms with Crippen LogP contribution < -0.4 is 11.2 Å². The lowest BCUT2D eigenvalue weighted by atomic mass is 10.2. The number of rotatable bonds is 6. The van der Waals surface area contributed by atoms with Crippen molar-refractivity contribution in [2.45, 2.75) is 17.3 Å². The van der Waals surface area contributed by atoms with Crippen LogP contribution in [0, 0.1) is 0 Å². The highest BCUT2D eigenvalue weighted by molar-refractivity contribution is 7.98. The number of benzene rings is 2. The lowest BCUT2D eigenvalue weighted by Gasteiger charge is -2.10. The SMILES string of the molecule is O=c1cc(Cc2nnc(SCc3ccc(Cl)c(Cl)c3)n2-c2ccccc2)[nH]c(=O)[nH]1. The number of aromatic nitrogens is 5. The fraction of sp³-hybridized carbons (Fsp3) is 0.100. The molecule has 0 radical (unpaired) electrons. The summed E-state index contributed by atoms with van der Waals surface area (Å²) in [6, 6.07) is 16.5. The van der Waals surface area contributed by atoms with Crippen molar-refractivity contribution < 1.29 is 0 Å². The molecule has 0 spiro atoms. The fourth-order valence-corrected chi connectivity index (χ4v) is 4.14. The molecule has 0 saturated heterocycles. The Bertz CT molecular complexity index is 1270. The molecule has 152 valence electrons. The van der Waals surface area contributed by atoms with Crippen LogP contribution >= 0.6 is 35.0 Å². The molecule has 0 saturated carbocycles. The zero-order valence-corrected chi connectivity index (χ0v) is 17.8. The summed E-state index contributed by atoms with van der Waals surface area (Å²) in [7, 11) is 0. The van der Waals surface area contributed by atoms with Gasteiger partial charge < -0.3 is 4.98 Å². The van der Waals surface area contributed by atoms with Crippen molar-refractivity contribution in [2.24, 2.45) is 0 Å². The Hall–Kier alpha value is -2.81. The summed E-state index contributed by atoms with van der Waals surface area (Å²) < 4.78 is 1.90. The lowest BCUT2D eigenvalue weighted by molar-refractivity contribution is 0.829. The zero-order chi connectivity index (χ0) is 21.1. The molecule has 0 aliphatic rings. The monoisotopic (exact) mass is 459 g/mol. The van der Waals surface area contributed by atoms with Crippen molar-refractivity contribution in [3.63, 3.8) is 0 Å². The van der Waals surface area contributed by atoms with Crippen LogP contribution in [0.3, 0.4) is 0 Å². The third-order valence-electron chi connectivity index (χ3n) is 4.23. The molecule has 4 aromatic rings. The number of nitrogens with one attached hydrogen (secondary N) is 2. The van der Waals surface area contributed by atoms with Crippen molar-refractivity contribution in [3.05, 3.63) is 103 Å². The molecular weight excluding hydrogens is 445 g/mol. The van der Waals surface area contributed by atoms with Gasteiger partial charge in [0, 0.05) is 29.6 Å². The van der Waals surface area contributed by atoms with Crippen molar-refractivity contribution in [3.8, 4) is 5.69 Å². The molecule has 0 unspecified atom stereocenters. The normalized spacial score (nSPS) is 11.0. The number of hydrogen-bond acceptors (Lipinski definition) is 5. The highest BCUT2D eigenvalue weighted by Crippen LogP contribution is 2.29. The van der Waals surface area contributed by atoms with Gasteiger partial charge in [-0.3, -0.25) is 14.3 Å². The molecule has 0 amide bonds. The standard InChI is InChI=1S/C20H15Cl2N5O2S/c21-15-7-6-12(8-16(15)22)11-30-20-26-25-17(27(20)14-4-2-1-3-5-14)9-13-10-18(28)24-19(29)23-13/h1-8,10H,9,11H2,(H2,23,24,28,29). The van der Waals surface area contributed by atoms with Gasteiger partial charge in [0.2, 0.25) is 0 Å². The van der Waals surface area contributed by atoms with Gasteiger partial charge in [-0.1, -0.05) is 59.2 Å². The summed E-state index contributed by atoms with van der Waals surface area (Å²) in [5.74, 6) is 1.21. The third-order valence-corrected chi connectivity index (χ3v) is 5.97. The minimum Gasteiger partial charge on any atom is -0.311 e. The summed E-state index contributed by atoms with van der Waals surface area (Å²) in [6.45, 7) is 0. The summed E-state index contributed by atoms with van der Waals surface area (Å²) in [5.41, 5.74) is 1.31. The molecule has 0 aliphatic carbocycles. The molecule has 30 heavy (non-hydrogen) atoms. The predicted octanol–water partition coefficient (Wildman–Crippen LogP) is 3.83. The summed E-state index contributed by atoms with van der Waals surface area (Å²) in [4.78, 5) is 28.0. The van der Waals surface area contributed by atoms with Gasteiger partial charge in [0.15, 0.2) is 5.16 Å². The first-order valence-corrected chi connectivity index (χ1v) is 10.6. The molecular formula is C20H15Cl2N5O2S. The van der Waals surface area contributed by atoms with E-state index in [1.807, 2.05) is 47.0 Å². The van der Waals surface area contributed by atoms with Crippen LogP contribution in [0.2, 0.25) is 10.0 Å². The van der Waals surface area contributed by atoms with Crippen LogP contribution in [-0.4, -0.2) is 24.7 Å². The van der Waals surface area contributed by atoms with Gasteiger partial charge in [-0.15, -0.1) is 10.2 Å². The van der Waals surface area contributed by atoms with Crippen molar-refractivity contribution in [2.75, 3.05) is 0 Å². The van der Waals surface area contributed by atoms with E-state index >= 15 is 0 Å². The Kier molecular flexibility index (Phi) is 6.08. The number of aromatic amines is 2. The van der Waals surface area contributed by atoms with Crippen molar-refractivity contribution >= 4 is 35.0 Å². The topological polar surface area (TPSA) is 96.4 Å². The second-order valence-electron chi connectivity index (χ2n) is 6.40. The summed E-state index contributed by atoms with van der Waals surface area (Å²) in [5, 5.41) is 10.3. The van der Waals surface area contributed by atoms with Crippen LogP contribution in [0.5, 0.6) is 0 Å². The predicted molar refractivity (Wildman–Crippen MR) is 118 cm³/mol. The highest BCUT2D eigenvalue weighted by Gasteiger charge is 2.16. The number of halogens is 2. The second kappa shape index (κ2) is 8.91. The average molecular weight is 460 g/mol. The smallest absolute Gasteiger partial charge is 0.311 e. The van der Waals surface area contributed by atoms with Crippen molar-refractivity contribution in [1.29, 1.82) is 0 Å². The van der Waals surface area contributed by atoms with E-state index in [1.54, 1.807) is 6.07 Å². The highest BCUT2D eigenvalue weighted by atomic mass is 35.5. The van der Waals surface area contributed by atoms with Gasteiger partial charge in [-0.05, 0) is 29.8 Å². The minimum atomic E-state index is -0.558. The molecule has 4 rings (SSSR count). The molecule has 2 N–H and O–H groups in total. The van der Waals surface area contributed by atoms with Gasteiger partial charge in [0.1, 0.15) is 5.82 Å². The van der Waals surface area contributed by atoms with Gasteiger partial charge in [-0.2, -0.15) is 0 Å². The molecule has 2 heterocycles. The molecule has 0 bridgehead atoms. The lowest BCUT2D eigenvalue weighted by Crippen LogP contribution is -2.23. The van der Waals surface area contributed by atoms with Gasteiger partial charge in [0.25, 0.3) is 5.56 Å². The summed E-state index contributed by atoms with van der Waals surface area (Å²) >= 11 is 13.6.